The Hall–Kier alpha value is -2.78. The highest BCUT2D eigenvalue weighted by Crippen LogP contribution is 2.34. The van der Waals surface area contributed by atoms with E-state index in [1.165, 1.54) is 22.0 Å². The minimum absolute atomic E-state index is 0.127. The van der Waals surface area contributed by atoms with Crippen LogP contribution in [0.3, 0.4) is 0 Å². The molecular weight excluding hydrogens is 419 g/mol. The summed E-state index contributed by atoms with van der Waals surface area (Å²) in [6.07, 6.45) is 1.32. The monoisotopic (exact) mass is 446 g/mol. The molecule has 0 saturated heterocycles. The number of urea groups is 1. The van der Waals surface area contributed by atoms with E-state index in [4.69, 9.17) is 4.74 Å². The van der Waals surface area contributed by atoms with Gasteiger partial charge in [0.1, 0.15) is 12.4 Å². The maximum atomic E-state index is 13.4. The van der Waals surface area contributed by atoms with Crippen LogP contribution < -0.4 is 5.32 Å². The van der Waals surface area contributed by atoms with Crippen LogP contribution in [-0.2, 0) is 9.53 Å². The molecule has 0 radical (unpaired) electrons. The number of hydrogen-bond acceptors (Lipinski definition) is 5. The number of amides is 3. The van der Waals surface area contributed by atoms with Gasteiger partial charge in [-0.05, 0) is 35.6 Å². The normalized spacial score (nSPS) is 15.6. The number of ether oxygens (including phenoxy) is 1. The Labute approximate surface area is 185 Å². The van der Waals surface area contributed by atoms with Crippen LogP contribution in [0, 0.1) is 5.82 Å². The Bertz CT molecular complexity index is 902. The number of carbonyl (C=O) groups excluding carboxylic acids is 2. The van der Waals surface area contributed by atoms with Crippen LogP contribution in [0.1, 0.15) is 36.2 Å². The van der Waals surface area contributed by atoms with Crippen LogP contribution in [0.2, 0.25) is 0 Å². The molecule has 0 aliphatic carbocycles. The first kappa shape index (κ1) is 22.9. The van der Waals surface area contributed by atoms with Crippen molar-refractivity contribution in [2.75, 3.05) is 33.4 Å². The van der Waals surface area contributed by atoms with Crippen LogP contribution in [0.15, 0.2) is 46.9 Å². The van der Waals surface area contributed by atoms with E-state index in [1.807, 2.05) is 24.4 Å². The smallest absolute Gasteiger partial charge is 0.317 e. The lowest BCUT2D eigenvalue weighted by Crippen LogP contribution is -2.47. The maximum absolute atomic E-state index is 13.4. The molecule has 7 nitrogen and oxygen atoms in total. The molecule has 2 heterocycles. The Morgan fingerprint density at radius 1 is 1.32 bits per heavy atom. The number of methoxy groups -OCH3 is 1. The van der Waals surface area contributed by atoms with E-state index in [-0.39, 0.29) is 36.9 Å². The second-order valence-corrected chi connectivity index (χ2v) is 8.13. The molecule has 3 rings (SSSR count). The lowest BCUT2D eigenvalue weighted by atomic mass is 10.0. The number of halogens is 1. The van der Waals surface area contributed by atoms with Crippen LogP contribution in [0.25, 0.3) is 0 Å². The van der Waals surface area contributed by atoms with Crippen molar-refractivity contribution in [1.82, 2.24) is 15.2 Å². The third-order valence-electron chi connectivity index (χ3n) is 4.93. The van der Waals surface area contributed by atoms with Crippen molar-refractivity contribution in [3.05, 3.63) is 58.0 Å². The first-order chi connectivity index (χ1) is 15.0. The van der Waals surface area contributed by atoms with Crippen molar-refractivity contribution >= 4 is 29.0 Å². The zero-order valence-corrected chi connectivity index (χ0v) is 18.5. The van der Waals surface area contributed by atoms with E-state index in [9.17, 15) is 14.0 Å². The topological polar surface area (TPSA) is 74.2 Å². The van der Waals surface area contributed by atoms with Crippen molar-refractivity contribution in [3.63, 3.8) is 0 Å². The van der Waals surface area contributed by atoms with E-state index in [1.54, 1.807) is 30.6 Å². The van der Waals surface area contributed by atoms with Gasteiger partial charge in [0.25, 0.3) is 5.91 Å². The number of benzene rings is 1. The summed E-state index contributed by atoms with van der Waals surface area (Å²) in [5, 5.41) is 10.8. The SMILES string of the molecule is CCCNC(=O)N(CCOC)CC(=O)N1N=C(c2cccs2)C[C@H]1c1ccc(F)cc1. The molecular formula is C22H27FN4O3S. The summed E-state index contributed by atoms with van der Waals surface area (Å²) < 4.78 is 18.5. The van der Waals surface area contributed by atoms with Crippen molar-refractivity contribution in [2.45, 2.75) is 25.8 Å². The highest BCUT2D eigenvalue weighted by atomic mass is 32.1. The summed E-state index contributed by atoms with van der Waals surface area (Å²) in [4.78, 5) is 28.2. The molecule has 1 N–H and O–H groups in total. The molecule has 0 saturated carbocycles. The van der Waals surface area contributed by atoms with Crippen LogP contribution in [0.4, 0.5) is 9.18 Å². The molecule has 3 amide bonds. The highest BCUT2D eigenvalue weighted by Gasteiger charge is 2.34. The first-order valence-corrected chi connectivity index (χ1v) is 11.1. The largest absolute Gasteiger partial charge is 0.383 e. The van der Waals surface area contributed by atoms with Gasteiger partial charge in [-0.3, -0.25) is 4.79 Å². The van der Waals surface area contributed by atoms with Crippen LogP contribution in [0.5, 0.6) is 0 Å². The van der Waals surface area contributed by atoms with E-state index < -0.39 is 0 Å². The van der Waals surface area contributed by atoms with Gasteiger partial charge in [-0.1, -0.05) is 25.1 Å². The van der Waals surface area contributed by atoms with E-state index >= 15 is 0 Å². The van der Waals surface area contributed by atoms with Crippen molar-refractivity contribution in [1.29, 1.82) is 0 Å². The summed E-state index contributed by atoms with van der Waals surface area (Å²) in [6.45, 7) is 2.96. The van der Waals surface area contributed by atoms with Crippen LogP contribution in [-0.4, -0.2) is 60.9 Å². The molecule has 1 atom stereocenters. The molecule has 1 aromatic carbocycles. The summed E-state index contributed by atoms with van der Waals surface area (Å²) >= 11 is 1.55. The van der Waals surface area contributed by atoms with Gasteiger partial charge in [0.2, 0.25) is 0 Å². The number of carbonyl (C=O) groups is 2. The first-order valence-electron chi connectivity index (χ1n) is 10.2. The molecule has 1 aliphatic rings. The fraction of sp³-hybridized carbons (Fsp3) is 0.409. The van der Waals surface area contributed by atoms with E-state index in [0.717, 1.165) is 22.6 Å². The lowest BCUT2D eigenvalue weighted by molar-refractivity contribution is -0.133. The van der Waals surface area contributed by atoms with E-state index in [2.05, 4.69) is 10.4 Å². The van der Waals surface area contributed by atoms with Crippen molar-refractivity contribution < 1.29 is 18.7 Å². The fourth-order valence-electron chi connectivity index (χ4n) is 3.31. The van der Waals surface area contributed by atoms with Gasteiger partial charge in [-0.15, -0.1) is 11.3 Å². The Morgan fingerprint density at radius 3 is 2.74 bits per heavy atom. The van der Waals surface area contributed by atoms with Crippen molar-refractivity contribution in [2.24, 2.45) is 5.10 Å². The zero-order valence-electron chi connectivity index (χ0n) is 17.7. The van der Waals surface area contributed by atoms with Gasteiger partial charge >= 0.3 is 6.03 Å². The van der Waals surface area contributed by atoms with E-state index in [0.29, 0.717) is 19.6 Å². The Balaban J connectivity index is 1.82. The minimum Gasteiger partial charge on any atom is -0.383 e. The number of hydrogen-bond donors (Lipinski definition) is 1. The molecule has 2 aromatic rings. The second-order valence-electron chi connectivity index (χ2n) is 7.18. The third kappa shape index (κ3) is 5.89. The summed E-state index contributed by atoms with van der Waals surface area (Å²) in [5.41, 5.74) is 1.60. The average molecular weight is 447 g/mol. The number of nitrogens with zero attached hydrogens (tertiary/aromatic N) is 3. The molecule has 0 spiro atoms. The fourth-order valence-corrected chi connectivity index (χ4v) is 4.03. The van der Waals surface area contributed by atoms with Crippen molar-refractivity contribution in [3.8, 4) is 0 Å². The summed E-state index contributed by atoms with van der Waals surface area (Å²) in [5.74, 6) is -0.638. The predicted molar refractivity (Wildman–Crippen MR) is 119 cm³/mol. The number of nitrogens with one attached hydrogen (secondary N) is 1. The van der Waals surface area contributed by atoms with Gasteiger partial charge in [-0.2, -0.15) is 5.10 Å². The minimum atomic E-state index is -0.354. The summed E-state index contributed by atoms with van der Waals surface area (Å²) in [6, 6.07) is 9.33. The van der Waals surface area contributed by atoms with Gasteiger partial charge in [0.15, 0.2) is 0 Å². The maximum Gasteiger partial charge on any atom is 0.317 e. The molecule has 1 aliphatic heterocycles. The van der Waals surface area contributed by atoms with Gasteiger partial charge < -0.3 is 15.0 Å². The molecule has 31 heavy (non-hydrogen) atoms. The standard InChI is InChI=1S/C22H27FN4O3S/c1-3-10-24-22(29)26(11-12-30-2)15-21(28)27-19(16-6-8-17(23)9-7-16)14-18(25-27)20-5-4-13-31-20/h4-9,13,19H,3,10-12,14-15H2,1-2H3,(H,24,29)/t19-/m0/s1. The molecule has 166 valence electrons. The predicted octanol–water partition coefficient (Wildman–Crippen LogP) is 3.63. The average Bonchev–Trinajstić information content (AvgIpc) is 3.45. The van der Waals surface area contributed by atoms with Crippen LogP contribution >= 0.6 is 11.3 Å². The second kappa shape index (κ2) is 11.0. The highest BCUT2D eigenvalue weighted by molar-refractivity contribution is 7.12. The molecule has 0 bridgehead atoms. The Morgan fingerprint density at radius 2 is 2.10 bits per heavy atom. The molecule has 9 heteroatoms. The lowest BCUT2D eigenvalue weighted by Gasteiger charge is -2.27. The third-order valence-corrected chi connectivity index (χ3v) is 5.85. The molecule has 0 fully saturated rings. The quantitative estimate of drug-likeness (QED) is 0.639. The number of hydrazone groups is 1. The Kier molecular flexibility index (Phi) is 8.13. The van der Waals surface area contributed by atoms with Gasteiger partial charge in [0, 0.05) is 26.6 Å². The van der Waals surface area contributed by atoms with Gasteiger partial charge in [-0.25, -0.2) is 14.2 Å². The summed E-state index contributed by atoms with van der Waals surface area (Å²) in [7, 11) is 1.55. The number of thiophene rings is 1. The van der Waals surface area contributed by atoms with Gasteiger partial charge in [0.05, 0.1) is 23.2 Å². The zero-order chi connectivity index (χ0) is 22.2. The molecule has 1 aromatic heterocycles. The number of rotatable bonds is 9. The molecule has 0 unspecified atom stereocenters.